The Bertz CT molecular complexity index is 419. The molecule has 0 radical (unpaired) electrons. The van der Waals surface area contributed by atoms with Crippen molar-refractivity contribution in [1.29, 1.82) is 0 Å². The Kier molecular flexibility index (Phi) is 5.07. The second kappa shape index (κ2) is 6.80. The minimum absolute atomic E-state index is 0.0604. The van der Waals surface area contributed by atoms with E-state index in [2.05, 4.69) is 17.9 Å². The fourth-order valence-corrected chi connectivity index (χ4v) is 2.14. The van der Waals surface area contributed by atoms with Crippen molar-refractivity contribution in [2.75, 3.05) is 26.3 Å². The average Bonchev–Trinajstić information content (AvgIpc) is 2.43. The SMILES string of the molecule is C[C@H]1CO[C@@H](CO)CN1C/C=C/c1ccc(F)cc1. The standard InChI is InChI=1S/C15H20FNO2/c1-12-11-19-15(10-18)9-17(12)8-2-3-13-4-6-14(16)7-5-13/h2-7,12,15,18H,8-11H2,1H3/b3-2+/t12-,15+/m0/s1. The molecule has 2 atom stereocenters. The van der Waals surface area contributed by atoms with E-state index in [1.165, 1.54) is 12.1 Å². The Morgan fingerprint density at radius 3 is 2.84 bits per heavy atom. The van der Waals surface area contributed by atoms with Crippen molar-refractivity contribution in [3.63, 3.8) is 0 Å². The lowest BCUT2D eigenvalue weighted by atomic mass is 10.1. The maximum Gasteiger partial charge on any atom is 0.123 e. The van der Waals surface area contributed by atoms with Gasteiger partial charge in [0.05, 0.1) is 19.3 Å². The molecule has 2 rings (SSSR count). The summed E-state index contributed by atoms with van der Waals surface area (Å²) < 4.78 is 18.3. The number of aliphatic hydroxyl groups excluding tert-OH is 1. The van der Waals surface area contributed by atoms with Crippen LogP contribution in [0.3, 0.4) is 0 Å². The Morgan fingerprint density at radius 2 is 2.16 bits per heavy atom. The first-order chi connectivity index (χ1) is 9.19. The van der Waals surface area contributed by atoms with Gasteiger partial charge in [-0.2, -0.15) is 0 Å². The van der Waals surface area contributed by atoms with Crippen molar-refractivity contribution < 1.29 is 14.2 Å². The van der Waals surface area contributed by atoms with Crippen LogP contribution in [-0.4, -0.2) is 48.5 Å². The summed E-state index contributed by atoms with van der Waals surface area (Å²) in [6.45, 7) is 4.36. The van der Waals surface area contributed by atoms with Crippen molar-refractivity contribution in [2.24, 2.45) is 0 Å². The molecular weight excluding hydrogens is 245 g/mol. The molecule has 0 aromatic heterocycles. The molecule has 104 valence electrons. The van der Waals surface area contributed by atoms with Crippen LogP contribution < -0.4 is 0 Å². The number of rotatable bonds is 4. The van der Waals surface area contributed by atoms with Gasteiger partial charge < -0.3 is 9.84 Å². The molecule has 1 N–H and O–H groups in total. The van der Waals surface area contributed by atoms with Crippen LogP contribution in [0.1, 0.15) is 12.5 Å². The molecule has 0 spiro atoms. The van der Waals surface area contributed by atoms with E-state index in [0.29, 0.717) is 12.6 Å². The van der Waals surface area contributed by atoms with Gasteiger partial charge in [-0.15, -0.1) is 0 Å². The maximum atomic E-state index is 12.8. The normalized spacial score (nSPS) is 25.0. The number of halogens is 1. The highest BCUT2D eigenvalue weighted by molar-refractivity contribution is 5.48. The first-order valence-electron chi connectivity index (χ1n) is 6.57. The Hall–Kier alpha value is -1.23. The molecule has 0 saturated carbocycles. The van der Waals surface area contributed by atoms with Crippen LogP contribution >= 0.6 is 0 Å². The molecule has 1 aromatic carbocycles. The van der Waals surface area contributed by atoms with E-state index in [9.17, 15) is 4.39 Å². The van der Waals surface area contributed by atoms with Gasteiger partial charge in [-0.1, -0.05) is 24.3 Å². The first kappa shape index (κ1) is 14.2. The van der Waals surface area contributed by atoms with Crippen LogP contribution in [0.2, 0.25) is 0 Å². The number of aliphatic hydroxyl groups is 1. The highest BCUT2D eigenvalue weighted by Crippen LogP contribution is 2.12. The summed E-state index contributed by atoms with van der Waals surface area (Å²) in [5.41, 5.74) is 0.987. The smallest absolute Gasteiger partial charge is 0.123 e. The van der Waals surface area contributed by atoms with Crippen LogP contribution in [0.15, 0.2) is 30.3 Å². The first-order valence-corrected chi connectivity index (χ1v) is 6.57. The third-order valence-electron chi connectivity index (χ3n) is 3.36. The van der Waals surface area contributed by atoms with E-state index in [4.69, 9.17) is 9.84 Å². The largest absolute Gasteiger partial charge is 0.394 e. The van der Waals surface area contributed by atoms with Crippen LogP contribution in [0.5, 0.6) is 0 Å². The fraction of sp³-hybridized carbons (Fsp3) is 0.467. The molecule has 4 heteroatoms. The third kappa shape index (κ3) is 4.13. The van der Waals surface area contributed by atoms with Gasteiger partial charge in [-0.25, -0.2) is 4.39 Å². The highest BCUT2D eigenvalue weighted by Gasteiger charge is 2.24. The number of benzene rings is 1. The predicted octanol–water partition coefficient (Wildman–Crippen LogP) is 1.92. The van der Waals surface area contributed by atoms with Gasteiger partial charge in [0.1, 0.15) is 5.82 Å². The second-order valence-corrected chi connectivity index (χ2v) is 4.89. The van der Waals surface area contributed by atoms with Crippen LogP contribution in [-0.2, 0) is 4.74 Å². The fourth-order valence-electron chi connectivity index (χ4n) is 2.14. The maximum absolute atomic E-state index is 12.8. The number of morpholine rings is 1. The van der Waals surface area contributed by atoms with Gasteiger partial charge in [0.25, 0.3) is 0 Å². The minimum Gasteiger partial charge on any atom is -0.394 e. The molecule has 0 amide bonds. The molecule has 3 nitrogen and oxygen atoms in total. The van der Waals surface area contributed by atoms with E-state index in [-0.39, 0.29) is 18.5 Å². The summed E-state index contributed by atoms with van der Waals surface area (Å²) in [4.78, 5) is 2.27. The predicted molar refractivity (Wildman–Crippen MR) is 73.3 cm³/mol. The van der Waals surface area contributed by atoms with E-state index in [1.54, 1.807) is 12.1 Å². The lowest BCUT2D eigenvalue weighted by Crippen LogP contribution is -2.49. The van der Waals surface area contributed by atoms with E-state index >= 15 is 0 Å². The number of nitrogens with zero attached hydrogens (tertiary/aromatic N) is 1. The highest BCUT2D eigenvalue weighted by atomic mass is 19.1. The molecule has 1 saturated heterocycles. The number of ether oxygens (including phenoxy) is 1. The summed E-state index contributed by atoms with van der Waals surface area (Å²) in [6, 6.07) is 6.77. The lowest BCUT2D eigenvalue weighted by molar-refractivity contribution is -0.0741. The Labute approximate surface area is 113 Å². The van der Waals surface area contributed by atoms with Crippen LogP contribution in [0.4, 0.5) is 4.39 Å². The summed E-state index contributed by atoms with van der Waals surface area (Å²) in [5.74, 6) is -0.218. The zero-order valence-corrected chi connectivity index (χ0v) is 11.1. The third-order valence-corrected chi connectivity index (χ3v) is 3.36. The topological polar surface area (TPSA) is 32.7 Å². The van der Waals surface area contributed by atoms with Gasteiger partial charge in [0.15, 0.2) is 0 Å². The summed E-state index contributed by atoms with van der Waals surface area (Å²) >= 11 is 0. The van der Waals surface area contributed by atoms with Crippen molar-refractivity contribution in [1.82, 2.24) is 4.90 Å². The number of hydrogen-bond acceptors (Lipinski definition) is 3. The average molecular weight is 265 g/mol. The monoisotopic (exact) mass is 265 g/mol. The van der Waals surface area contributed by atoms with Gasteiger partial charge >= 0.3 is 0 Å². The summed E-state index contributed by atoms with van der Waals surface area (Å²) in [5, 5.41) is 9.12. The van der Waals surface area contributed by atoms with Gasteiger partial charge in [0.2, 0.25) is 0 Å². The van der Waals surface area contributed by atoms with Gasteiger partial charge in [-0.3, -0.25) is 4.90 Å². The Morgan fingerprint density at radius 1 is 1.42 bits per heavy atom. The molecule has 0 aliphatic carbocycles. The molecule has 1 aromatic rings. The van der Waals surface area contributed by atoms with Crippen molar-refractivity contribution in [2.45, 2.75) is 19.1 Å². The van der Waals surface area contributed by atoms with Crippen molar-refractivity contribution >= 4 is 6.08 Å². The van der Waals surface area contributed by atoms with Gasteiger partial charge in [0, 0.05) is 19.1 Å². The van der Waals surface area contributed by atoms with Crippen molar-refractivity contribution in [3.8, 4) is 0 Å². The second-order valence-electron chi connectivity index (χ2n) is 4.89. The summed E-state index contributed by atoms with van der Waals surface area (Å²) in [7, 11) is 0. The Balaban J connectivity index is 1.88. The quantitative estimate of drug-likeness (QED) is 0.903. The minimum atomic E-state index is -0.218. The van der Waals surface area contributed by atoms with Crippen LogP contribution in [0.25, 0.3) is 6.08 Å². The van der Waals surface area contributed by atoms with E-state index < -0.39 is 0 Å². The van der Waals surface area contributed by atoms with E-state index in [0.717, 1.165) is 18.7 Å². The number of hydrogen-bond donors (Lipinski definition) is 1. The van der Waals surface area contributed by atoms with Crippen molar-refractivity contribution in [3.05, 3.63) is 41.7 Å². The summed E-state index contributed by atoms with van der Waals surface area (Å²) in [6.07, 6.45) is 3.95. The molecule has 0 bridgehead atoms. The molecule has 19 heavy (non-hydrogen) atoms. The van der Waals surface area contributed by atoms with Crippen LogP contribution in [0, 0.1) is 5.82 Å². The molecule has 1 heterocycles. The molecular formula is C15H20FNO2. The zero-order valence-electron chi connectivity index (χ0n) is 11.1. The van der Waals surface area contributed by atoms with Gasteiger partial charge in [-0.05, 0) is 24.6 Å². The van der Waals surface area contributed by atoms with E-state index in [1.807, 2.05) is 6.08 Å². The lowest BCUT2D eigenvalue weighted by Gasteiger charge is -2.36. The zero-order chi connectivity index (χ0) is 13.7. The molecule has 1 aliphatic rings. The molecule has 1 aliphatic heterocycles. The molecule has 1 fully saturated rings. The molecule has 0 unspecified atom stereocenters.